The van der Waals surface area contributed by atoms with Gasteiger partial charge in [-0.25, -0.2) is 9.59 Å². The van der Waals surface area contributed by atoms with Crippen molar-refractivity contribution >= 4 is 28.6 Å². The second-order valence-electron chi connectivity index (χ2n) is 10.7. The van der Waals surface area contributed by atoms with E-state index >= 15 is 0 Å². The van der Waals surface area contributed by atoms with Crippen molar-refractivity contribution in [3.05, 3.63) is 59.7 Å². The average molecular weight is 549 g/mol. The van der Waals surface area contributed by atoms with E-state index in [4.69, 9.17) is 13.6 Å². The quantitative estimate of drug-likeness (QED) is 0.214. The third kappa shape index (κ3) is 11.5. The Kier molecular flexibility index (Phi) is 11.4. The zero-order valence-corrected chi connectivity index (χ0v) is 24.4. The van der Waals surface area contributed by atoms with Crippen LogP contribution in [-0.4, -0.2) is 63.2 Å². The van der Waals surface area contributed by atoms with Crippen LogP contribution in [0.1, 0.15) is 40.5 Å². The van der Waals surface area contributed by atoms with Gasteiger partial charge in [0.05, 0.1) is 30.4 Å². The van der Waals surface area contributed by atoms with Gasteiger partial charge in [-0.1, -0.05) is 6.92 Å². The lowest BCUT2D eigenvalue weighted by molar-refractivity contribution is 0.0440. The fourth-order valence-electron chi connectivity index (χ4n) is 4.44. The zero-order valence-electron chi connectivity index (χ0n) is 22.4. The number of benzene rings is 2. The van der Waals surface area contributed by atoms with Crippen LogP contribution < -0.4 is 0 Å². The molecule has 204 valence electrons. The molecular formula is C27H40O8Si2. The van der Waals surface area contributed by atoms with E-state index in [0.29, 0.717) is 36.1 Å². The van der Waals surface area contributed by atoms with Gasteiger partial charge in [-0.05, 0) is 99.1 Å². The Morgan fingerprint density at radius 2 is 1.14 bits per heavy atom. The smallest absolute Gasteiger partial charge is 0.338 e. The van der Waals surface area contributed by atoms with Crippen LogP contribution in [0.15, 0.2) is 48.5 Å². The van der Waals surface area contributed by atoms with Gasteiger partial charge >= 0.3 is 11.9 Å². The summed E-state index contributed by atoms with van der Waals surface area (Å²) in [5.74, 6) is -0.407. The molecule has 8 nitrogen and oxygen atoms in total. The number of carbonyl (C=O) groups excluding carboxylic acids is 2. The lowest BCUT2D eigenvalue weighted by Gasteiger charge is -2.36. The van der Waals surface area contributed by atoms with E-state index in [2.05, 4.69) is 33.1 Å². The van der Waals surface area contributed by atoms with Crippen molar-refractivity contribution in [2.45, 2.75) is 64.1 Å². The number of esters is 2. The number of phenols is 2. The highest BCUT2D eigenvalue weighted by Crippen LogP contribution is 2.27. The van der Waals surface area contributed by atoms with Gasteiger partial charge in [0.25, 0.3) is 0 Å². The highest BCUT2D eigenvalue weighted by molar-refractivity contribution is 6.84. The average Bonchev–Trinajstić information content (AvgIpc) is 2.78. The van der Waals surface area contributed by atoms with Gasteiger partial charge < -0.3 is 28.9 Å². The molecule has 2 rings (SSSR count). The SMILES string of the molecule is CC(CCOC(=O)c1ccc(O)cc1)C[Si](C)(C)O[Si](C)(C)CC(O)CCOC(=O)c1ccc(O)cc1. The van der Waals surface area contributed by atoms with Crippen LogP contribution in [-0.2, 0) is 13.6 Å². The third-order valence-corrected chi connectivity index (χ3v) is 13.4. The number of aromatic hydroxyl groups is 2. The highest BCUT2D eigenvalue weighted by atomic mass is 28.4. The number of aliphatic hydroxyl groups excluding tert-OH is 1. The van der Waals surface area contributed by atoms with Crippen molar-refractivity contribution in [2.75, 3.05) is 13.2 Å². The Bertz CT molecular complexity index is 925. The summed E-state index contributed by atoms with van der Waals surface area (Å²) in [5.41, 5.74) is 0.757. The number of hydrogen-bond acceptors (Lipinski definition) is 8. The molecule has 0 fully saturated rings. The normalized spacial score (nSPS) is 13.6. The van der Waals surface area contributed by atoms with E-state index in [0.717, 1.165) is 12.5 Å². The van der Waals surface area contributed by atoms with E-state index in [-0.39, 0.29) is 18.1 Å². The molecule has 0 radical (unpaired) electrons. The molecule has 0 saturated heterocycles. The predicted molar refractivity (Wildman–Crippen MR) is 147 cm³/mol. The third-order valence-electron chi connectivity index (χ3n) is 5.85. The second-order valence-corrected chi connectivity index (χ2v) is 19.4. The number of phenolic OH excluding ortho intramolecular Hbond substituents is 2. The minimum Gasteiger partial charge on any atom is -0.508 e. The van der Waals surface area contributed by atoms with Gasteiger partial charge in [0.1, 0.15) is 11.5 Å². The van der Waals surface area contributed by atoms with Crippen molar-refractivity contribution in [2.24, 2.45) is 5.92 Å². The molecule has 2 aromatic carbocycles. The van der Waals surface area contributed by atoms with Crippen LogP contribution in [0.4, 0.5) is 0 Å². The van der Waals surface area contributed by atoms with Gasteiger partial charge in [-0.2, -0.15) is 0 Å². The number of hydrogen-bond donors (Lipinski definition) is 3. The Morgan fingerprint density at radius 1 is 0.730 bits per heavy atom. The first-order valence-electron chi connectivity index (χ1n) is 12.6. The van der Waals surface area contributed by atoms with E-state index in [1.807, 2.05) is 0 Å². The van der Waals surface area contributed by atoms with Gasteiger partial charge in [-0.15, -0.1) is 0 Å². The molecule has 0 aliphatic carbocycles. The summed E-state index contributed by atoms with van der Waals surface area (Å²) in [5, 5.41) is 29.2. The molecule has 0 amide bonds. The van der Waals surface area contributed by atoms with Crippen LogP contribution in [0.2, 0.25) is 38.3 Å². The maximum Gasteiger partial charge on any atom is 0.338 e. The van der Waals surface area contributed by atoms with E-state index < -0.39 is 34.7 Å². The van der Waals surface area contributed by atoms with Gasteiger partial charge in [0.15, 0.2) is 16.6 Å². The van der Waals surface area contributed by atoms with E-state index in [1.165, 1.54) is 48.5 Å². The zero-order chi connectivity index (χ0) is 27.6. The lowest BCUT2D eigenvalue weighted by Crippen LogP contribution is -2.46. The fraction of sp³-hybridized carbons (Fsp3) is 0.481. The standard InChI is InChI=1S/C27H40O8Si2/c1-20(14-16-33-26(31)21-6-10-23(28)11-7-21)18-36(2,3)35-37(4,5)19-25(30)15-17-34-27(32)22-8-12-24(29)13-9-22/h6-13,20,25,28-30H,14-19H2,1-5H3. The largest absolute Gasteiger partial charge is 0.508 e. The molecule has 0 spiro atoms. The van der Waals surface area contributed by atoms with Gasteiger partial charge in [0.2, 0.25) is 0 Å². The van der Waals surface area contributed by atoms with Crippen LogP contribution in [0.3, 0.4) is 0 Å². The van der Waals surface area contributed by atoms with E-state index in [1.54, 1.807) is 0 Å². The Balaban J connectivity index is 1.71. The molecule has 2 aromatic rings. The van der Waals surface area contributed by atoms with Crippen molar-refractivity contribution in [3.63, 3.8) is 0 Å². The Labute approximate surface area is 221 Å². The molecule has 0 aromatic heterocycles. The summed E-state index contributed by atoms with van der Waals surface area (Å²) < 4.78 is 17.3. The maximum atomic E-state index is 12.1. The Hall–Kier alpha value is -2.67. The Morgan fingerprint density at radius 3 is 1.59 bits per heavy atom. The van der Waals surface area contributed by atoms with E-state index in [9.17, 15) is 24.9 Å². The molecule has 10 heteroatoms. The first-order valence-corrected chi connectivity index (χ1v) is 18.8. The number of ether oxygens (including phenoxy) is 2. The minimum absolute atomic E-state index is 0.0779. The molecule has 0 bridgehead atoms. The molecule has 0 heterocycles. The summed E-state index contributed by atoms with van der Waals surface area (Å²) in [6, 6.07) is 13.3. The lowest BCUT2D eigenvalue weighted by atomic mass is 10.1. The molecule has 2 atom stereocenters. The summed E-state index contributed by atoms with van der Waals surface area (Å²) >= 11 is 0. The van der Waals surface area contributed by atoms with Crippen molar-refractivity contribution < 1.29 is 38.5 Å². The summed E-state index contributed by atoms with van der Waals surface area (Å²) in [7, 11) is -4.21. The number of rotatable bonds is 14. The fourth-order valence-corrected chi connectivity index (χ4v) is 14.3. The first-order chi connectivity index (χ1) is 17.3. The summed E-state index contributed by atoms with van der Waals surface area (Å²) in [6.07, 6.45) is 0.422. The topological polar surface area (TPSA) is 123 Å². The predicted octanol–water partition coefficient (Wildman–Crippen LogP) is 5.32. The first kappa shape index (κ1) is 30.6. The summed E-state index contributed by atoms with van der Waals surface area (Å²) in [6.45, 7) is 11.1. The van der Waals surface area contributed by atoms with Crippen molar-refractivity contribution in [3.8, 4) is 11.5 Å². The molecule has 3 N–H and O–H groups in total. The van der Waals surface area contributed by atoms with Crippen molar-refractivity contribution in [1.29, 1.82) is 0 Å². The molecule has 0 aliphatic heterocycles. The van der Waals surface area contributed by atoms with Gasteiger partial charge in [0, 0.05) is 6.42 Å². The van der Waals surface area contributed by atoms with Crippen molar-refractivity contribution in [1.82, 2.24) is 0 Å². The molecule has 0 saturated carbocycles. The van der Waals surface area contributed by atoms with Crippen LogP contribution >= 0.6 is 0 Å². The minimum atomic E-state index is -2.18. The monoisotopic (exact) mass is 548 g/mol. The molecule has 37 heavy (non-hydrogen) atoms. The van der Waals surface area contributed by atoms with Crippen LogP contribution in [0.25, 0.3) is 0 Å². The molecular weight excluding hydrogens is 508 g/mol. The number of carbonyl (C=O) groups is 2. The van der Waals surface area contributed by atoms with Crippen LogP contribution in [0.5, 0.6) is 11.5 Å². The highest BCUT2D eigenvalue weighted by Gasteiger charge is 2.35. The summed E-state index contributed by atoms with van der Waals surface area (Å²) in [4.78, 5) is 24.2. The maximum absolute atomic E-state index is 12.1. The second kappa shape index (κ2) is 13.8. The number of aliphatic hydroxyl groups is 1. The van der Waals surface area contributed by atoms with Crippen LogP contribution in [0, 0.1) is 5.92 Å². The molecule has 0 aliphatic rings. The van der Waals surface area contributed by atoms with Gasteiger partial charge in [-0.3, -0.25) is 0 Å². The molecule has 2 unspecified atom stereocenters.